The van der Waals surface area contributed by atoms with Gasteiger partial charge in [0.1, 0.15) is 10.8 Å². The van der Waals surface area contributed by atoms with E-state index >= 15 is 0 Å². The number of nitrogens with one attached hydrogen (secondary N) is 1. The molecule has 0 aliphatic carbocycles. The first-order valence-corrected chi connectivity index (χ1v) is 7.08. The predicted molar refractivity (Wildman–Crippen MR) is 76.9 cm³/mol. The molecular formula is C13H15ClFN3S. The zero-order chi connectivity index (χ0) is 14.0. The molecule has 0 aliphatic heterocycles. The first-order valence-electron chi connectivity index (χ1n) is 5.88. The molecule has 0 spiro atoms. The van der Waals surface area contributed by atoms with E-state index in [0.717, 1.165) is 5.01 Å². The molecule has 1 heterocycles. The van der Waals surface area contributed by atoms with Crippen LogP contribution in [0.5, 0.6) is 0 Å². The van der Waals surface area contributed by atoms with Gasteiger partial charge in [-0.3, -0.25) is 0 Å². The average molecular weight is 300 g/mol. The van der Waals surface area contributed by atoms with Gasteiger partial charge in [-0.25, -0.2) is 4.39 Å². The summed E-state index contributed by atoms with van der Waals surface area (Å²) in [4.78, 5) is 0. The highest BCUT2D eigenvalue weighted by molar-refractivity contribution is 7.14. The molecule has 3 nitrogen and oxygen atoms in total. The maximum absolute atomic E-state index is 13.8. The summed E-state index contributed by atoms with van der Waals surface area (Å²) in [5, 5.41) is 13.1. The third-order valence-corrected chi connectivity index (χ3v) is 3.67. The smallest absolute Gasteiger partial charge is 0.152 e. The molecule has 19 heavy (non-hydrogen) atoms. The number of aromatic nitrogens is 2. The maximum Gasteiger partial charge on any atom is 0.152 e. The second-order valence-electron chi connectivity index (χ2n) is 5.20. The van der Waals surface area contributed by atoms with Gasteiger partial charge < -0.3 is 5.32 Å². The molecule has 6 heteroatoms. The van der Waals surface area contributed by atoms with Crippen molar-refractivity contribution in [3.05, 3.63) is 34.0 Å². The summed E-state index contributed by atoms with van der Waals surface area (Å²) in [6.45, 7) is 6.82. The minimum Gasteiger partial charge on any atom is -0.306 e. The Kier molecular flexibility index (Phi) is 4.18. The van der Waals surface area contributed by atoms with E-state index in [-0.39, 0.29) is 11.4 Å². The van der Waals surface area contributed by atoms with Crippen molar-refractivity contribution in [3.8, 4) is 10.6 Å². The summed E-state index contributed by atoms with van der Waals surface area (Å²) in [7, 11) is 0. The van der Waals surface area contributed by atoms with Crippen LogP contribution >= 0.6 is 22.9 Å². The zero-order valence-corrected chi connectivity index (χ0v) is 12.6. The largest absolute Gasteiger partial charge is 0.306 e. The number of halogens is 2. The van der Waals surface area contributed by atoms with E-state index in [0.29, 0.717) is 22.1 Å². The van der Waals surface area contributed by atoms with Crippen LogP contribution in [0, 0.1) is 5.82 Å². The molecule has 0 saturated heterocycles. The van der Waals surface area contributed by atoms with Crippen LogP contribution in [-0.4, -0.2) is 15.7 Å². The molecule has 0 bridgehead atoms. The first-order chi connectivity index (χ1) is 8.87. The second kappa shape index (κ2) is 5.53. The van der Waals surface area contributed by atoms with E-state index in [2.05, 4.69) is 36.3 Å². The Morgan fingerprint density at radius 2 is 2.05 bits per heavy atom. The van der Waals surface area contributed by atoms with Crippen LogP contribution in [0.4, 0.5) is 4.39 Å². The van der Waals surface area contributed by atoms with Gasteiger partial charge >= 0.3 is 0 Å². The lowest BCUT2D eigenvalue weighted by molar-refractivity contribution is 0.423. The molecule has 1 aromatic heterocycles. The predicted octanol–water partition coefficient (Wildman–Crippen LogP) is 3.89. The van der Waals surface area contributed by atoms with Crippen molar-refractivity contribution in [1.29, 1.82) is 0 Å². The summed E-state index contributed by atoms with van der Waals surface area (Å²) < 4.78 is 13.8. The lowest BCUT2D eigenvalue weighted by Crippen LogP contribution is -2.35. The van der Waals surface area contributed by atoms with Crippen LogP contribution in [0.2, 0.25) is 5.02 Å². The van der Waals surface area contributed by atoms with Gasteiger partial charge in [-0.1, -0.05) is 29.0 Å². The molecule has 0 unspecified atom stereocenters. The third kappa shape index (κ3) is 3.72. The highest BCUT2D eigenvalue weighted by Crippen LogP contribution is 2.32. The van der Waals surface area contributed by atoms with Crippen LogP contribution < -0.4 is 5.32 Å². The molecule has 0 radical (unpaired) electrons. The van der Waals surface area contributed by atoms with E-state index in [1.54, 1.807) is 12.1 Å². The van der Waals surface area contributed by atoms with E-state index in [1.165, 1.54) is 17.4 Å². The summed E-state index contributed by atoms with van der Waals surface area (Å²) in [5.41, 5.74) is 0.324. The number of nitrogens with zero attached hydrogens (tertiary/aromatic N) is 2. The topological polar surface area (TPSA) is 37.8 Å². The molecule has 0 saturated carbocycles. The zero-order valence-electron chi connectivity index (χ0n) is 11.0. The molecule has 102 valence electrons. The summed E-state index contributed by atoms with van der Waals surface area (Å²) in [6, 6.07) is 4.59. The van der Waals surface area contributed by atoms with E-state index in [1.807, 2.05) is 0 Å². The van der Waals surface area contributed by atoms with Gasteiger partial charge in [-0.05, 0) is 32.9 Å². The molecular weight excluding hydrogens is 285 g/mol. The Bertz CT molecular complexity index is 557. The first kappa shape index (κ1) is 14.4. The Hall–Kier alpha value is -1.04. The van der Waals surface area contributed by atoms with Gasteiger partial charge in [0.15, 0.2) is 5.01 Å². The van der Waals surface area contributed by atoms with E-state index in [4.69, 9.17) is 11.6 Å². The quantitative estimate of drug-likeness (QED) is 0.934. The fourth-order valence-electron chi connectivity index (χ4n) is 1.47. The number of rotatable bonds is 3. The monoisotopic (exact) mass is 299 g/mol. The molecule has 0 atom stereocenters. The van der Waals surface area contributed by atoms with Crippen LogP contribution in [0.3, 0.4) is 0 Å². The Balaban J connectivity index is 2.22. The normalized spacial score (nSPS) is 11.8. The van der Waals surface area contributed by atoms with Crippen LogP contribution in [0.25, 0.3) is 10.6 Å². The van der Waals surface area contributed by atoms with Gasteiger partial charge in [-0.2, -0.15) is 0 Å². The summed E-state index contributed by atoms with van der Waals surface area (Å²) in [6.07, 6.45) is 0. The molecule has 2 aromatic rings. The number of hydrogen-bond acceptors (Lipinski definition) is 4. The van der Waals surface area contributed by atoms with Crippen molar-refractivity contribution in [2.24, 2.45) is 0 Å². The van der Waals surface area contributed by atoms with Gasteiger partial charge in [0.05, 0.1) is 17.1 Å². The third-order valence-electron chi connectivity index (χ3n) is 2.41. The Labute approximate surface area is 120 Å². The highest BCUT2D eigenvalue weighted by atomic mass is 35.5. The maximum atomic E-state index is 13.8. The van der Waals surface area contributed by atoms with Crippen molar-refractivity contribution >= 4 is 22.9 Å². The van der Waals surface area contributed by atoms with Gasteiger partial charge in [0.2, 0.25) is 0 Å². The molecule has 0 amide bonds. The lowest BCUT2D eigenvalue weighted by atomic mass is 10.1. The Morgan fingerprint density at radius 3 is 2.68 bits per heavy atom. The van der Waals surface area contributed by atoms with Gasteiger partial charge in [0, 0.05) is 5.54 Å². The minimum atomic E-state index is -0.376. The number of hydrogen-bond donors (Lipinski definition) is 1. The standard InChI is InChI=1S/C13H15ClFN3S/c1-13(2,3)16-7-10-17-18-12(19-10)11-8(14)5-4-6-9(11)15/h4-6,16H,7H2,1-3H3. The molecule has 0 aliphatic rings. The van der Waals surface area contributed by atoms with Crippen LogP contribution in [0.15, 0.2) is 18.2 Å². The van der Waals surface area contributed by atoms with Crippen molar-refractivity contribution in [2.75, 3.05) is 0 Å². The van der Waals surface area contributed by atoms with Crippen LogP contribution in [-0.2, 0) is 6.54 Å². The van der Waals surface area contributed by atoms with Gasteiger partial charge in [0.25, 0.3) is 0 Å². The van der Waals surface area contributed by atoms with Gasteiger partial charge in [-0.15, -0.1) is 10.2 Å². The summed E-state index contributed by atoms with van der Waals surface area (Å²) >= 11 is 7.35. The van der Waals surface area contributed by atoms with E-state index < -0.39 is 0 Å². The SMILES string of the molecule is CC(C)(C)NCc1nnc(-c2c(F)cccc2Cl)s1. The Morgan fingerprint density at radius 1 is 1.32 bits per heavy atom. The van der Waals surface area contributed by atoms with Crippen molar-refractivity contribution in [3.63, 3.8) is 0 Å². The van der Waals surface area contributed by atoms with Crippen molar-refractivity contribution in [1.82, 2.24) is 15.5 Å². The van der Waals surface area contributed by atoms with E-state index in [9.17, 15) is 4.39 Å². The molecule has 1 aromatic carbocycles. The molecule has 0 fully saturated rings. The average Bonchev–Trinajstić information content (AvgIpc) is 2.74. The minimum absolute atomic E-state index is 0.00146. The fourth-order valence-corrected chi connectivity index (χ4v) is 2.62. The molecule has 1 N–H and O–H groups in total. The lowest BCUT2D eigenvalue weighted by Gasteiger charge is -2.19. The second-order valence-corrected chi connectivity index (χ2v) is 6.67. The highest BCUT2D eigenvalue weighted by Gasteiger charge is 2.16. The van der Waals surface area contributed by atoms with Crippen molar-refractivity contribution in [2.45, 2.75) is 32.9 Å². The molecule has 2 rings (SSSR count). The van der Waals surface area contributed by atoms with Crippen molar-refractivity contribution < 1.29 is 4.39 Å². The van der Waals surface area contributed by atoms with Crippen LogP contribution in [0.1, 0.15) is 25.8 Å². The number of benzene rings is 1. The fraction of sp³-hybridized carbons (Fsp3) is 0.385. The summed E-state index contributed by atoms with van der Waals surface area (Å²) in [5.74, 6) is -0.376.